The van der Waals surface area contributed by atoms with Crippen LogP contribution in [-0.4, -0.2) is 0 Å². The van der Waals surface area contributed by atoms with Crippen molar-refractivity contribution in [1.82, 2.24) is 0 Å². The van der Waals surface area contributed by atoms with Crippen LogP contribution in [0.3, 0.4) is 0 Å². The Labute approximate surface area is 75.7 Å². The second-order valence-corrected chi connectivity index (χ2v) is 3.88. The molecule has 0 aromatic carbocycles. The van der Waals surface area contributed by atoms with Crippen molar-refractivity contribution in [2.45, 2.75) is 41.0 Å². The highest BCUT2D eigenvalue weighted by atomic mass is 14.1. The minimum Gasteiger partial charge on any atom is -0.0690 e. The van der Waals surface area contributed by atoms with E-state index >= 15 is 0 Å². The topological polar surface area (TPSA) is 0 Å². The highest BCUT2D eigenvalue weighted by molar-refractivity contribution is 5.44. The fraction of sp³-hybridized carbons (Fsp3) is 0.500. The molecule has 0 fully saturated rings. The molecule has 66 valence electrons. The zero-order chi connectivity index (χ0) is 9.30. The van der Waals surface area contributed by atoms with E-state index in [0.717, 1.165) is 6.42 Å². The van der Waals surface area contributed by atoms with Crippen molar-refractivity contribution in [3.63, 3.8) is 0 Å². The van der Waals surface area contributed by atoms with Crippen LogP contribution in [0.15, 0.2) is 33.9 Å². The maximum atomic E-state index is 2.30. The molecular formula is C12H18. The summed E-state index contributed by atoms with van der Waals surface area (Å²) in [7, 11) is 0. The van der Waals surface area contributed by atoms with E-state index in [4.69, 9.17) is 0 Å². The van der Waals surface area contributed by atoms with Crippen LogP contribution in [0, 0.1) is 0 Å². The van der Waals surface area contributed by atoms with Gasteiger partial charge in [-0.1, -0.05) is 17.2 Å². The monoisotopic (exact) mass is 162 g/mol. The predicted octanol–water partition coefficient (Wildman–Crippen LogP) is 4.01. The molecule has 0 saturated carbocycles. The van der Waals surface area contributed by atoms with Crippen molar-refractivity contribution >= 4 is 0 Å². The number of hydrogen-bond donors (Lipinski definition) is 0. The maximum Gasteiger partial charge on any atom is -0.0105 e. The first-order valence-electron chi connectivity index (χ1n) is 4.53. The fourth-order valence-corrected chi connectivity index (χ4v) is 1.70. The summed E-state index contributed by atoms with van der Waals surface area (Å²) in [6.07, 6.45) is 3.44. The number of allylic oxidation sites excluding steroid dienone is 6. The normalized spacial score (nSPS) is 19.6. The first kappa shape index (κ1) is 9.31. The Bertz CT molecular complexity index is 285. The number of hydrogen-bond acceptors (Lipinski definition) is 0. The minimum atomic E-state index is 1.14. The lowest BCUT2D eigenvalue weighted by molar-refractivity contribution is 1.08. The largest absolute Gasteiger partial charge is 0.0690 e. The Kier molecular flexibility index (Phi) is 2.56. The summed E-state index contributed by atoms with van der Waals surface area (Å²) in [5, 5.41) is 0. The average molecular weight is 162 g/mol. The minimum absolute atomic E-state index is 1.14. The van der Waals surface area contributed by atoms with Crippen LogP contribution in [0.5, 0.6) is 0 Å². The molecule has 0 aromatic heterocycles. The lowest BCUT2D eigenvalue weighted by atomic mass is 10.0. The second kappa shape index (κ2) is 3.30. The molecule has 0 unspecified atom stereocenters. The van der Waals surface area contributed by atoms with Crippen LogP contribution in [-0.2, 0) is 0 Å². The van der Waals surface area contributed by atoms with E-state index in [0.29, 0.717) is 0 Å². The van der Waals surface area contributed by atoms with Gasteiger partial charge in [-0.05, 0) is 57.8 Å². The van der Waals surface area contributed by atoms with Gasteiger partial charge in [0.05, 0.1) is 0 Å². The molecule has 0 heterocycles. The Balaban J connectivity index is 3.22. The summed E-state index contributed by atoms with van der Waals surface area (Å²) in [6.45, 7) is 11.1. The summed E-state index contributed by atoms with van der Waals surface area (Å²) in [4.78, 5) is 0. The van der Waals surface area contributed by atoms with E-state index < -0.39 is 0 Å². The zero-order valence-electron chi connectivity index (χ0n) is 8.78. The van der Waals surface area contributed by atoms with E-state index in [-0.39, 0.29) is 0 Å². The van der Waals surface area contributed by atoms with Gasteiger partial charge in [0, 0.05) is 0 Å². The zero-order valence-corrected chi connectivity index (χ0v) is 8.78. The molecule has 1 aliphatic rings. The third kappa shape index (κ3) is 1.69. The summed E-state index contributed by atoms with van der Waals surface area (Å²) in [5.74, 6) is 0. The van der Waals surface area contributed by atoms with E-state index in [2.05, 4.69) is 40.7 Å². The van der Waals surface area contributed by atoms with Crippen LogP contribution in [0.25, 0.3) is 0 Å². The van der Waals surface area contributed by atoms with Gasteiger partial charge in [-0.15, -0.1) is 0 Å². The van der Waals surface area contributed by atoms with Crippen LogP contribution >= 0.6 is 0 Å². The van der Waals surface area contributed by atoms with Gasteiger partial charge >= 0.3 is 0 Å². The molecule has 1 rings (SSSR count). The van der Waals surface area contributed by atoms with E-state index in [1.807, 2.05) is 0 Å². The predicted molar refractivity (Wildman–Crippen MR) is 55.1 cm³/mol. The molecule has 0 nitrogen and oxygen atoms in total. The molecule has 0 radical (unpaired) electrons. The van der Waals surface area contributed by atoms with Crippen LogP contribution in [0.1, 0.15) is 41.0 Å². The molecule has 0 heteroatoms. The highest BCUT2D eigenvalue weighted by Crippen LogP contribution is 2.27. The lowest BCUT2D eigenvalue weighted by Crippen LogP contribution is -1.86. The Morgan fingerprint density at radius 3 is 2.08 bits per heavy atom. The van der Waals surface area contributed by atoms with Crippen LogP contribution < -0.4 is 0 Å². The fourth-order valence-electron chi connectivity index (χ4n) is 1.70. The Hall–Kier alpha value is -0.780. The highest BCUT2D eigenvalue weighted by Gasteiger charge is 2.06. The standard InChI is InChI=1S/C12H18/c1-8-6-9(2)11(4)12(5)10(3)7-8/h6H,7H2,1-5H3. The van der Waals surface area contributed by atoms with Gasteiger partial charge in [-0.25, -0.2) is 0 Å². The third-order valence-corrected chi connectivity index (χ3v) is 2.80. The third-order valence-electron chi connectivity index (χ3n) is 2.80. The molecule has 0 amide bonds. The maximum absolute atomic E-state index is 2.30. The average Bonchev–Trinajstić information content (AvgIpc) is 2.05. The van der Waals surface area contributed by atoms with Crippen molar-refractivity contribution in [3.8, 4) is 0 Å². The summed E-state index contributed by atoms with van der Waals surface area (Å²) in [5.41, 5.74) is 7.33. The van der Waals surface area contributed by atoms with Gasteiger partial charge in [0.15, 0.2) is 0 Å². The Morgan fingerprint density at radius 2 is 1.50 bits per heavy atom. The van der Waals surface area contributed by atoms with E-state index in [1.54, 1.807) is 0 Å². The Morgan fingerprint density at radius 1 is 0.917 bits per heavy atom. The van der Waals surface area contributed by atoms with Gasteiger partial charge in [0.1, 0.15) is 0 Å². The molecule has 0 atom stereocenters. The van der Waals surface area contributed by atoms with Gasteiger partial charge in [0.2, 0.25) is 0 Å². The van der Waals surface area contributed by atoms with Crippen LogP contribution in [0.4, 0.5) is 0 Å². The summed E-state index contributed by atoms with van der Waals surface area (Å²) in [6, 6.07) is 0. The molecule has 0 bridgehead atoms. The van der Waals surface area contributed by atoms with Gasteiger partial charge in [-0.3, -0.25) is 0 Å². The molecule has 0 aromatic rings. The molecule has 0 N–H and O–H groups in total. The van der Waals surface area contributed by atoms with E-state index in [1.165, 1.54) is 27.9 Å². The molecule has 12 heavy (non-hydrogen) atoms. The van der Waals surface area contributed by atoms with Gasteiger partial charge in [0.25, 0.3) is 0 Å². The van der Waals surface area contributed by atoms with Crippen molar-refractivity contribution in [1.29, 1.82) is 0 Å². The van der Waals surface area contributed by atoms with Crippen molar-refractivity contribution < 1.29 is 0 Å². The second-order valence-electron chi connectivity index (χ2n) is 3.88. The van der Waals surface area contributed by atoms with Crippen molar-refractivity contribution in [3.05, 3.63) is 33.9 Å². The van der Waals surface area contributed by atoms with Gasteiger partial charge < -0.3 is 0 Å². The number of rotatable bonds is 0. The lowest BCUT2D eigenvalue weighted by Gasteiger charge is -2.05. The van der Waals surface area contributed by atoms with Crippen LogP contribution in [0.2, 0.25) is 0 Å². The quantitative estimate of drug-likeness (QED) is 0.505. The molecule has 0 saturated heterocycles. The van der Waals surface area contributed by atoms with E-state index in [9.17, 15) is 0 Å². The molecule has 1 aliphatic carbocycles. The first-order valence-corrected chi connectivity index (χ1v) is 4.53. The molecule has 0 aliphatic heterocycles. The molecular weight excluding hydrogens is 144 g/mol. The SMILES string of the molecule is CC1=CC(C)=C(C)C(C)=C(C)C1. The summed E-state index contributed by atoms with van der Waals surface area (Å²) < 4.78 is 0. The van der Waals surface area contributed by atoms with Gasteiger partial charge in [-0.2, -0.15) is 0 Å². The molecule has 0 spiro atoms. The van der Waals surface area contributed by atoms with Crippen molar-refractivity contribution in [2.75, 3.05) is 0 Å². The van der Waals surface area contributed by atoms with Crippen molar-refractivity contribution in [2.24, 2.45) is 0 Å². The smallest absolute Gasteiger partial charge is 0.0105 e. The summed E-state index contributed by atoms with van der Waals surface area (Å²) >= 11 is 0. The first-order chi connectivity index (χ1) is 5.52.